The number of nitrogens with zero attached hydrogens (tertiary/aromatic N) is 2. The molecule has 29 heavy (non-hydrogen) atoms. The van der Waals surface area contributed by atoms with E-state index in [1.54, 1.807) is 12.2 Å². The average molecular weight is 393 g/mol. The van der Waals surface area contributed by atoms with Crippen LogP contribution in [-0.4, -0.2) is 41.8 Å². The maximum atomic E-state index is 12.8. The number of benzene rings is 1. The first-order valence-electron chi connectivity index (χ1n) is 9.61. The van der Waals surface area contributed by atoms with Crippen molar-refractivity contribution in [3.8, 4) is 0 Å². The minimum absolute atomic E-state index is 0.0117. The molecule has 2 aliphatic carbocycles. The predicted octanol–water partition coefficient (Wildman–Crippen LogP) is 1.99. The van der Waals surface area contributed by atoms with Crippen LogP contribution in [0.4, 0.5) is 4.79 Å². The van der Waals surface area contributed by atoms with Gasteiger partial charge in [0.25, 0.3) is 0 Å². The van der Waals surface area contributed by atoms with Crippen LogP contribution in [-0.2, 0) is 25.5 Å². The van der Waals surface area contributed by atoms with E-state index in [0.717, 1.165) is 23.3 Å². The number of carbonyl (C=O) groups excluding carboxylic acids is 3. The van der Waals surface area contributed by atoms with Crippen LogP contribution in [0.1, 0.15) is 30.0 Å². The third kappa shape index (κ3) is 3.10. The molecule has 1 fully saturated rings. The molecule has 0 aromatic heterocycles. The summed E-state index contributed by atoms with van der Waals surface area (Å²) in [6.07, 6.45) is 4.99. The van der Waals surface area contributed by atoms with Gasteiger partial charge in [0, 0.05) is 19.0 Å². The lowest BCUT2D eigenvalue weighted by atomic mass is 9.93. The number of amides is 4. The second-order valence-electron chi connectivity index (χ2n) is 7.34. The summed E-state index contributed by atoms with van der Waals surface area (Å²) in [5.74, 6) is -0.339. The van der Waals surface area contributed by atoms with Gasteiger partial charge >= 0.3 is 6.03 Å². The van der Waals surface area contributed by atoms with Crippen LogP contribution in [0.15, 0.2) is 52.9 Å². The van der Waals surface area contributed by atoms with Crippen LogP contribution < -0.4 is 5.32 Å². The summed E-state index contributed by atoms with van der Waals surface area (Å²) in [5, 5.41) is 3.01. The van der Waals surface area contributed by atoms with Crippen LogP contribution in [0.5, 0.6) is 0 Å². The molecule has 0 bridgehead atoms. The van der Waals surface area contributed by atoms with Crippen molar-refractivity contribution in [2.75, 3.05) is 13.3 Å². The van der Waals surface area contributed by atoms with Gasteiger partial charge in [-0.25, -0.2) is 4.79 Å². The van der Waals surface area contributed by atoms with Crippen molar-refractivity contribution in [3.05, 3.63) is 59.1 Å². The van der Waals surface area contributed by atoms with E-state index in [-0.39, 0.29) is 31.7 Å². The summed E-state index contributed by atoms with van der Waals surface area (Å²) in [7, 11) is 0. The van der Waals surface area contributed by atoms with Gasteiger partial charge in [0.15, 0.2) is 11.5 Å². The summed E-state index contributed by atoms with van der Waals surface area (Å²) in [6.45, 7) is 0.0657. The highest BCUT2D eigenvalue weighted by Crippen LogP contribution is 2.32. The first kappa shape index (κ1) is 17.7. The number of fused-ring (bicyclic) bond motifs is 3. The van der Waals surface area contributed by atoms with Gasteiger partial charge in [-0.15, -0.1) is 0 Å². The van der Waals surface area contributed by atoms with Crippen LogP contribution in [0.2, 0.25) is 0 Å². The molecule has 148 valence electrons. The Morgan fingerprint density at radius 3 is 2.93 bits per heavy atom. The van der Waals surface area contributed by atoms with Crippen LogP contribution in [0.25, 0.3) is 0 Å². The van der Waals surface area contributed by atoms with E-state index in [4.69, 9.17) is 9.47 Å². The number of rotatable bonds is 4. The van der Waals surface area contributed by atoms with Crippen molar-refractivity contribution >= 4 is 23.6 Å². The number of hydrogen-bond donors (Lipinski definition) is 1. The third-order valence-electron chi connectivity index (χ3n) is 5.61. The topological polar surface area (TPSA) is 97.3 Å². The Labute approximate surface area is 166 Å². The lowest BCUT2D eigenvalue weighted by Crippen LogP contribution is -2.47. The number of aliphatic imine (C=N–C) groups is 1. The molecular weight excluding hydrogens is 374 g/mol. The highest BCUT2D eigenvalue weighted by Gasteiger charge is 2.40. The van der Waals surface area contributed by atoms with Crippen LogP contribution >= 0.6 is 0 Å². The fourth-order valence-corrected chi connectivity index (χ4v) is 4.13. The first-order valence-corrected chi connectivity index (χ1v) is 9.61. The van der Waals surface area contributed by atoms with Gasteiger partial charge in [0.1, 0.15) is 5.92 Å². The molecule has 5 rings (SSSR count). The number of allylic oxidation sites excluding steroid dienone is 1. The van der Waals surface area contributed by atoms with Crippen LogP contribution in [0, 0.1) is 5.92 Å². The number of carbonyl (C=O) groups is 3. The highest BCUT2D eigenvalue weighted by atomic mass is 16.7. The standard InChI is InChI=1S/C21H19N3O5/c25-19(22-15-6-5-12-3-1-2-4-13(12)15)7-8-24-20(26)14-9-17-18(29-11-28-17)10-16(14)23-21(24)27/h1-4,9-10,14-15H,5-8,11H2,(H,22,25). The van der Waals surface area contributed by atoms with Gasteiger partial charge in [-0.05, 0) is 30.0 Å². The highest BCUT2D eigenvalue weighted by molar-refractivity contribution is 6.22. The van der Waals surface area contributed by atoms with Crippen molar-refractivity contribution in [1.82, 2.24) is 10.2 Å². The minimum Gasteiger partial charge on any atom is -0.454 e. The van der Waals surface area contributed by atoms with E-state index in [1.807, 2.05) is 18.2 Å². The lowest BCUT2D eigenvalue weighted by molar-refractivity contribution is -0.130. The van der Waals surface area contributed by atoms with E-state index in [2.05, 4.69) is 16.4 Å². The van der Waals surface area contributed by atoms with Gasteiger partial charge in [-0.3, -0.25) is 14.5 Å². The molecule has 1 aromatic carbocycles. The Bertz CT molecular complexity index is 1010. The SMILES string of the molecule is O=C(CCN1C(=O)N=C2C=C3OCOC3=CC2C1=O)NC1CCc2ccccc21. The van der Waals surface area contributed by atoms with Gasteiger partial charge in [-0.1, -0.05) is 24.3 Å². The second-order valence-corrected chi connectivity index (χ2v) is 7.34. The van der Waals surface area contributed by atoms with Gasteiger partial charge in [-0.2, -0.15) is 4.99 Å². The third-order valence-corrected chi connectivity index (χ3v) is 5.61. The molecular formula is C21H19N3O5. The predicted molar refractivity (Wildman–Crippen MR) is 102 cm³/mol. The van der Waals surface area contributed by atoms with Crippen molar-refractivity contribution in [2.24, 2.45) is 10.9 Å². The van der Waals surface area contributed by atoms with Gasteiger partial charge in [0.2, 0.25) is 18.6 Å². The van der Waals surface area contributed by atoms with Crippen molar-refractivity contribution < 1.29 is 23.9 Å². The van der Waals surface area contributed by atoms with E-state index in [9.17, 15) is 14.4 Å². The number of nitrogens with one attached hydrogen (secondary N) is 1. The Balaban J connectivity index is 1.24. The summed E-state index contributed by atoms with van der Waals surface area (Å²) >= 11 is 0. The Hall–Kier alpha value is -3.42. The monoisotopic (exact) mass is 393 g/mol. The molecule has 0 spiro atoms. The molecule has 2 atom stereocenters. The van der Waals surface area contributed by atoms with Crippen LogP contribution in [0.3, 0.4) is 0 Å². The fourth-order valence-electron chi connectivity index (χ4n) is 4.13. The average Bonchev–Trinajstić information content (AvgIpc) is 3.33. The number of hydrogen-bond acceptors (Lipinski definition) is 5. The quantitative estimate of drug-likeness (QED) is 0.844. The summed E-state index contributed by atoms with van der Waals surface area (Å²) in [5.41, 5.74) is 2.72. The molecule has 1 aromatic rings. The zero-order chi connectivity index (χ0) is 20.0. The zero-order valence-electron chi connectivity index (χ0n) is 15.6. The molecule has 4 aliphatic rings. The molecule has 4 amide bonds. The molecule has 1 saturated heterocycles. The normalized spacial score (nSPS) is 24.4. The lowest BCUT2D eigenvalue weighted by Gasteiger charge is -2.28. The molecule has 8 nitrogen and oxygen atoms in total. The summed E-state index contributed by atoms with van der Waals surface area (Å²) in [4.78, 5) is 42.6. The largest absolute Gasteiger partial charge is 0.454 e. The Morgan fingerprint density at radius 1 is 1.21 bits per heavy atom. The Kier molecular flexibility index (Phi) is 4.19. The molecule has 0 saturated carbocycles. The fraction of sp³-hybridized carbons (Fsp3) is 0.333. The van der Waals surface area contributed by atoms with Gasteiger partial charge < -0.3 is 14.8 Å². The van der Waals surface area contributed by atoms with Gasteiger partial charge in [0.05, 0.1) is 11.8 Å². The number of urea groups is 1. The maximum Gasteiger partial charge on any atom is 0.350 e. The van der Waals surface area contributed by atoms with Crippen molar-refractivity contribution in [3.63, 3.8) is 0 Å². The smallest absolute Gasteiger partial charge is 0.350 e. The molecule has 1 N–H and O–H groups in total. The van der Waals surface area contributed by atoms with E-state index in [0.29, 0.717) is 17.2 Å². The Morgan fingerprint density at radius 2 is 2.03 bits per heavy atom. The molecule has 2 heterocycles. The molecule has 0 radical (unpaired) electrons. The molecule has 2 aliphatic heterocycles. The number of aryl methyl sites for hydroxylation is 1. The minimum atomic E-state index is -0.696. The first-order chi connectivity index (χ1) is 14.1. The second kappa shape index (κ2) is 6.88. The molecule has 8 heteroatoms. The summed E-state index contributed by atoms with van der Waals surface area (Å²) in [6, 6.07) is 7.36. The van der Waals surface area contributed by atoms with Crippen molar-refractivity contribution in [2.45, 2.75) is 25.3 Å². The van der Waals surface area contributed by atoms with E-state index in [1.165, 1.54) is 5.56 Å². The van der Waals surface area contributed by atoms with E-state index < -0.39 is 17.9 Å². The number of ether oxygens (including phenoxy) is 2. The summed E-state index contributed by atoms with van der Waals surface area (Å²) < 4.78 is 10.6. The zero-order valence-corrected chi connectivity index (χ0v) is 15.6. The molecule has 2 unspecified atom stereocenters. The van der Waals surface area contributed by atoms with Crippen molar-refractivity contribution in [1.29, 1.82) is 0 Å². The van der Waals surface area contributed by atoms with E-state index >= 15 is 0 Å². The maximum absolute atomic E-state index is 12.8. The number of imide groups is 1.